The zero-order chi connectivity index (χ0) is 57.8. The van der Waals surface area contributed by atoms with E-state index in [1.165, 1.54) is 0 Å². The molecule has 3 amide bonds. The quantitative estimate of drug-likeness (QED) is 0.0652. The maximum atomic E-state index is 11.7. The second kappa shape index (κ2) is 59.2. The van der Waals surface area contributed by atoms with Crippen molar-refractivity contribution in [3.63, 3.8) is 0 Å². The highest BCUT2D eigenvalue weighted by Crippen LogP contribution is 2.12. The van der Waals surface area contributed by atoms with E-state index >= 15 is 0 Å². The zero-order valence-corrected chi connectivity index (χ0v) is 48.2. The van der Waals surface area contributed by atoms with Gasteiger partial charge in [-0.25, -0.2) is 9.59 Å². The minimum atomic E-state index is -0.705. The van der Waals surface area contributed by atoms with Gasteiger partial charge in [-0.3, -0.25) is 9.59 Å². The smallest absolute Gasteiger partial charge is 0.407 e. The van der Waals surface area contributed by atoms with Crippen LogP contribution in [-0.2, 0) is 119 Å². The first-order valence-electron chi connectivity index (χ1n) is 27.8. The molecule has 0 unspecified atom stereocenters. The van der Waals surface area contributed by atoms with Gasteiger partial charge in [0.1, 0.15) is 5.60 Å². The first-order valence-corrected chi connectivity index (χ1v) is 27.8. The number of nitrogens with one attached hydrogen (secondary N) is 1. The largest absolute Gasteiger partial charge is 0.444 e. The maximum absolute atomic E-state index is 11.7. The summed E-state index contributed by atoms with van der Waals surface area (Å²) in [5, 5.41) is 3.15. The van der Waals surface area contributed by atoms with Gasteiger partial charge in [-0.05, 0) is 20.8 Å². The Balaban J connectivity index is 1.61. The molecule has 80 heavy (non-hydrogen) atoms. The molecule has 1 N–H and O–H groups in total. The number of carbonyl (C=O) groups is 4. The number of hydrogen-bond acceptors (Lipinski definition) is 26. The third-order valence-corrected chi connectivity index (χ3v) is 9.63. The van der Waals surface area contributed by atoms with Crippen molar-refractivity contribution in [2.45, 2.75) is 45.6 Å². The molecule has 1 heterocycles. The normalized spacial score (nSPS) is 12.8. The Morgan fingerprint density at radius 1 is 0.325 bits per heavy atom. The molecule has 28 nitrogen and oxygen atoms in total. The lowest BCUT2D eigenvalue weighted by Gasteiger charge is -2.19. The van der Waals surface area contributed by atoms with Crippen LogP contribution in [0.3, 0.4) is 0 Å². The van der Waals surface area contributed by atoms with E-state index in [9.17, 15) is 19.2 Å². The standard InChI is InChI=1S/C52H98N2O26/c1-52(2,3)79-51(58)53-7-9-60-11-13-62-15-17-64-19-21-66-23-25-68-27-29-70-31-33-72-35-37-74-39-41-76-43-45-78-47-46-77-44-42-75-40-38-73-36-34-71-32-30-69-28-26-67-24-22-65-20-18-63-16-14-61-12-10-59-8-6-50(57)80-54-48(55)4-5-49(54)56/h4-47H2,1-3H3,(H,53,58). The number of amides is 3. The number of hydrogen-bond donors (Lipinski definition) is 1. The van der Waals surface area contributed by atoms with Crippen molar-refractivity contribution in [2.75, 3.05) is 271 Å². The molecule has 0 aromatic carbocycles. The van der Waals surface area contributed by atoms with Crippen molar-refractivity contribution < 1.29 is 123 Å². The molecule has 1 aliphatic rings. The monoisotopic (exact) mass is 1170 g/mol. The first kappa shape index (κ1) is 75.1. The van der Waals surface area contributed by atoms with Gasteiger partial charge in [-0.1, -0.05) is 0 Å². The van der Waals surface area contributed by atoms with Crippen molar-refractivity contribution in [2.24, 2.45) is 0 Å². The molecule has 0 aromatic heterocycles. The van der Waals surface area contributed by atoms with Crippen LogP contribution in [0.1, 0.15) is 40.0 Å². The Kier molecular flexibility index (Phi) is 55.6. The highest BCUT2D eigenvalue weighted by atomic mass is 16.7. The minimum absolute atomic E-state index is 0.0521. The number of alkyl carbamates (subject to hydrolysis) is 1. The number of carbonyl (C=O) groups excluding carboxylic acids is 4. The minimum Gasteiger partial charge on any atom is -0.444 e. The van der Waals surface area contributed by atoms with E-state index in [1.807, 2.05) is 20.8 Å². The second-order valence-electron chi connectivity index (χ2n) is 17.5. The van der Waals surface area contributed by atoms with Crippen LogP contribution >= 0.6 is 0 Å². The van der Waals surface area contributed by atoms with E-state index in [0.717, 1.165) is 0 Å². The van der Waals surface area contributed by atoms with Crippen molar-refractivity contribution in [3.05, 3.63) is 0 Å². The fourth-order valence-electron chi connectivity index (χ4n) is 5.78. The summed E-state index contributed by atoms with van der Waals surface area (Å²) in [6.45, 7) is 23.5. The lowest BCUT2D eigenvalue weighted by atomic mass is 10.2. The Hall–Kier alpha value is -2.92. The number of ether oxygens (including phenoxy) is 21. The van der Waals surface area contributed by atoms with Crippen molar-refractivity contribution in [1.82, 2.24) is 10.4 Å². The highest BCUT2D eigenvalue weighted by molar-refractivity contribution is 6.01. The van der Waals surface area contributed by atoms with E-state index in [2.05, 4.69) is 5.32 Å². The average Bonchev–Trinajstić information content (AvgIpc) is 3.75. The van der Waals surface area contributed by atoms with Crippen molar-refractivity contribution in [3.8, 4) is 0 Å². The molecule has 0 spiro atoms. The molecule has 28 heteroatoms. The fourth-order valence-corrected chi connectivity index (χ4v) is 5.78. The van der Waals surface area contributed by atoms with Gasteiger partial charge < -0.3 is 110 Å². The Labute approximate surface area is 473 Å². The van der Waals surface area contributed by atoms with E-state index in [0.29, 0.717) is 263 Å². The Morgan fingerprint density at radius 3 is 0.713 bits per heavy atom. The number of hydroxylamine groups is 2. The van der Waals surface area contributed by atoms with Gasteiger partial charge in [-0.15, -0.1) is 5.06 Å². The maximum Gasteiger partial charge on any atom is 0.407 e. The van der Waals surface area contributed by atoms with E-state index in [1.54, 1.807) is 0 Å². The lowest BCUT2D eigenvalue weighted by molar-refractivity contribution is -0.198. The van der Waals surface area contributed by atoms with Crippen LogP contribution in [-0.4, -0.2) is 305 Å². The van der Waals surface area contributed by atoms with Crippen LogP contribution in [0, 0.1) is 0 Å². The van der Waals surface area contributed by atoms with Crippen LogP contribution in [0.15, 0.2) is 0 Å². The van der Waals surface area contributed by atoms with Crippen LogP contribution in [0.4, 0.5) is 4.79 Å². The predicted octanol–water partition coefficient (Wildman–Crippen LogP) is 0.840. The Bertz CT molecular complexity index is 1370. The van der Waals surface area contributed by atoms with E-state index in [4.69, 9.17) is 104 Å². The summed E-state index contributed by atoms with van der Waals surface area (Å²) in [4.78, 5) is 50.9. The summed E-state index contributed by atoms with van der Waals surface area (Å²) in [5.74, 6) is -1.74. The third-order valence-electron chi connectivity index (χ3n) is 9.63. The molecule has 1 aliphatic heterocycles. The average molecular weight is 1170 g/mol. The molecule has 0 aliphatic carbocycles. The van der Waals surface area contributed by atoms with Gasteiger partial charge in [0.2, 0.25) is 0 Å². The van der Waals surface area contributed by atoms with Crippen LogP contribution < -0.4 is 5.32 Å². The number of imide groups is 1. The fraction of sp³-hybridized carbons (Fsp3) is 0.923. The molecule has 472 valence electrons. The van der Waals surface area contributed by atoms with Crippen LogP contribution in [0.2, 0.25) is 0 Å². The summed E-state index contributed by atoms with van der Waals surface area (Å²) in [5.41, 5.74) is -0.523. The van der Waals surface area contributed by atoms with E-state index in [-0.39, 0.29) is 32.5 Å². The predicted molar refractivity (Wildman–Crippen MR) is 282 cm³/mol. The van der Waals surface area contributed by atoms with Crippen molar-refractivity contribution >= 4 is 23.9 Å². The summed E-state index contributed by atoms with van der Waals surface area (Å²) in [6, 6.07) is 0. The molecular weight excluding hydrogens is 1070 g/mol. The SMILES string of the molecule is CC(C)(C)OC(=O)NCCOCCOCCOCCOCCOCCOCCOCCOCCOCCOCCOCCOCCOCCOCCOCCOCCOCCOCCOCCOCCC(=O)ON1C(=O)CCC1=O. The summed E-state index contributed by atoms with van der Waals surface area (Å²) >= 11 is 0. The number of nitrogens with zero attached hydrogens (tertiary/aromatic N) is 1. The highest BCUT2D eigenvalue weighted by Gasteiger charge is 2.32. The summed E-state index contributed by atoms with van der Waals surface area (Å²) < 4.78 is 115. The topological polar surface area (TPSA) is 287 Å². The van der Waals surface area contributed by atoms with Crippen molar-refractivity contribution in [1.29, 1.82) is 0 Å². The molecule has 1 saturated heterocycles. The van der Waals surface area contributed by atoms with Gasteiger partial charge in [0.15, 0.2) is 0 Å². The molecule has 0 bridgehead atoms. The Morgan fingerprint density at radius 2 is 0.512 bits per heavy atom. The molecule has 1 rings (SSSR count). The van der Waals surface area contributed by atoms with Crippen LogP contribution in [0.25, 0.3) is 0 Å². The summed E-state index contributed by atoms with van der Waals surface area (Å²) in [7, 11) is 0. The molecular formula is C52H98N2O26. The second-order valence-corrected chi connectivity index (χ2v) is 17.5. The molecule has 0 saturated carbocycles. The molecule has 0 atom stereocenters. The van der Waals surface area contributed by atoms with Crippen LogP contribution in [0.5, 0.6) is 0 Å². The molecule has 1 fully saturated rings. The van der Waals surface area contributed by atoms with Gasteiger partial charge in [-0.2, -0.15) is 0 Å². The van der Waals surface area contributed by atoms with Gasteiger partial charge in [0.05, 0.1) is 271 Å². The zero-order valence-electron chi connectivity index (χ0n) is 48.2. The third kappa shape index (κ3) is 56.9. The lowest BCUT2D eigenvalue weighted by Crippen LogP contribution is -2.34. The van der Waals surface area contributed by atoms with Gasteiger partial charge >= 0.3 is 12.1 Å². The van der Waals surface area contributed by atoms with Gasteiger partial charge in [0, 0.05) is 19.4 Å². The molecule has 0 aromatic rings. The first-order chi connectivity index (χ1) is 39.2. The summed E-state index contributed by atoms with van der Waals surface area (Å²) in [6.07, 6.45) is -0.439. The van der Waals surface area contributed by atoms with Gasteiger partial charge in [0.25, 0.3) is 11.8 Å². The number of rotatable bonds is 64. The molecule has 0 radical (unpaired) electrons. The van der Waals surface area contributed by atoms with E-state index < -0.39 is 29.5 Å².